The van der Waals surface area contributed by atoms with Gasteiger partial charge in [0.25, 0.3) is 0 Å². The summed E-state index contributed by atoms with van der Waals surface area (Å²) in [4.78, 5) is 0. The summed E-state index contributed by atoms with van der Waals surface area (Å²) >= 11 is 0. The highest BCUT2D eigenvalue weighted by molar-refractivity contribution is 5.53. The minimum atomic E-state index is -0.292. The van der Waals surface area contributed by atoms with E-state index >= 15 is 0 Å². The molecule has 1 fully saturated rings. The Morgan fingerprint density at radius 2 is 2.25 bits per heavy atom. The Morgan fingerprint density at radius 3 is 2.88 bits per heavy atom. The largest absolute Gasteiger partial charge is 0.399 e. The molecule has 0 bridgehead atoms. The van der Waals surface area contributed by atoms with Crippen LogP contribution in [0.25, 0.3) is 0 Å². The molecule has 1 aliphatic rings. The Bertz CT molecular complexity index is 364. The normalized spacial score (nSPS) is 23.9. The van der Waals surface area contributed by atoms with Crippen LogP contribution in [0.3, 0.4) is 0 Å². The second kappa shape index (κ2) is 4.70. The highest BCUT2D eigenvalue weighted by atomic mass is 19.1. The fourth-order valence-corrected chi connectivity index (χ4v) is 1.92. The molecule has 0 aliphatic heterocycles. The second-order valence-electron chi connectivity index (χ2n) is 4.13. The van der Waals surface area contributed by atoms with Gasteiger partial charge in [0.1, 0.15) is 5.82 Å². The van der Waals surface area contributed by atoms with Gasteiger partial charge in [-0.05, 0) is 38.0 Å². The van der Waals surface area contributed by atoms with Crippen LogP contribution >= 0.6 is 0 Å². The van der Waals surface area contributed by atoms with E-state index in [1.807, 2.05) is 6.92 Å². The first-order valence-electron chi connectivity index (χ1n) is 5.62. The summed E-state index contributed by atoms with van der Waals surface area (Å²) < 4.78 is 18.9. The average molecular weight is 224 g/mol. The molecule has 0 radical (unpaired) electrons. The molecule has 0 atom stereocenters. The number of ether oxygens (including phenoxy) is 1. The number of anilines is 2. The lowest BCUT2D eigenvalue weighted by Gasteiger charge is -2.36. The van der Waals surface area contributed by atoms with Crippen molar-refractivity contribution in [2.75, 3.05) is 17.7 Å². The van der Waals surface area contributed by atoms with Gasteiger partial charge in [-0.2, -0.15) is 0 Å². The van der Waals surface area contributed by atoms with Crippen molar-refractivity contribution < 1.29 is 9.13 Å². The van der Waals surface area contributed by atoms with Gasteiger partial charge in [0.05, 0.1) is 11.8 Å². The van der Waals surface area contributed by atoms with Crippen LogP contribution in [0, 0.1) is 5.82 Å². The monoisotopic (exact) mass is 224 g/mol. The van der Waals surface area contributed by atoms with Gasteiger partial charge in [-0.25, -0.2) is 4.39 Å². The van der Waals surface area contributed by atoms with Crippen LogP contribution in [0.4, 0.5) is 15.8 Å². The lowest BCUT2D eigenvalue weighted by Crippen LogP contribution is -2.41. The number of nitrogens with two attached hydrogens (primary N) is 1. The molecular formula is C12H17FN2O. The van der Waals surface area contributed by atoms with Crippen LogP contribution in [0.2, 0.25) is 0 Å². The molecule has 0 unspecified atom stereocenters. The topological polar surface area (TPSA) is 47.3 Å². The molecule has 3 N–H and O–H groups in total. The van der Waals surface area contributed by atoms with Crippen molar-refractivity contribution >= 4 is 11.4 Å². The molecular weight excluding hydrogens is 207 g/mol. The van der Waals surface area contributed by atoms with Crippen molar-refractivity contribution in [3.05, 3.63) is 24.0 Å². The van der Waals surface area contributed by atoms with E-state index in [9.17, 15) is 4.39 Å². The van der Waals surface area contributed by atoms with E-state index in [1.54, 1.807) is 12.1 Å². The molecule has 1 aromatic rings. The van der Waals surface area contributed by atoms with Gasteiger partial charge in [-0.1, -0.05) is 0 Å². The van der Waals surface area contributed by atoms with Gasteiger partial charge in [0, 0.05) is 18.3 Å². The Hall–Kier alpha value is -1.29. The zero-order chi connectivity index (χ0) is 11.5. The zero-order valence-electron chi connectivity index (χ0n) is 9.37. The van der Waals surface area contributed by atoms with Gasteiger partial charge < -0.3 is 15.8 Å². The van der Waals surface area contributed by atoms with Crippen molar-refractivity contribution in [1.82, 2.24) is 0 Å². The van der Waals surface area contributed by atoms with Crippen molar-refractivity contribution in [1.29, 1.82) is 0 Å². The van der Waals surface area contributed by atoms with Crippen LogP contribution < -0.4 is 11.1 Å². The first kappa shape index (κ1) is 11.2. The highest BCUT2D eigenvalue weighted by Crippen LogP contribution is 2.28. The van der Waals surface area contributed by atoms with Crippen molar-refractivity contribution in [3.63, 3.8) is 0 Å². The van der Waals surface area contributed by atoms with E-state index in [-0.39, 0.29) is 5.82 Å². The quantitative estimate of drug-likeness (QED) is 0.772. The highest BCUT2D eigenvalue weighted by Gasteiger charge is 2.29. The first-order valence-corrected chi connectivity index (χ1v) is 5.62. The van der Waals surface area contributed by atoms with Crippen LogP contribution in [0.1, 0.15) is 19.8 Å². The number of hydrogen-bond acceptors (Lipinski definition) is 3. The summed E-state index contributed by atoms with van der Waals surface area (Å²) in [6, 6.07) is 5.03. The van der Waals surface area contributed by atoms with Crippen molar-refractivity contribution in [2.24, 2.45) is 0 Å². The molecule has 3 nitrogen and oxygen atoms in total. The van der Waals surface area contributed by atoms with E-state index in [1.165, 1.54) is 6.07 Å². The fraction of sp³-hybridized carbons (Fsp3) is 0.500. The van der Waals surface area contributed by atoms with Gasteiger partial charge in [0.2, 0.25) is 0 Å². The Labute approximate surface area is 94.8 Å². The molecule has 2 rings (SSSR count). The summed E-state index contributed by atoms with van der Waals surface area (Å²) in [5.41, 5.74) is 6.45. The van der Waals surface area contributed by atoms with Gasteiger partial charge >= 0.3 is 0 Å². The van der Waals surface area contributed by atoms with Crippen LogP contribution in [-0.4, -0.2) is 18.8 Å². The summed E-state index contributed by atoms with van der Waals surface area (Å²) in [5.74, 6) is -0.292. The van der Waals surface area contributed by atoms with Crippen molar-refractivity contribution in [2.45, 2.75) is 31.9 Å². The summed E-state index contributed by atoms with van der Waals surface area (Å²) in [6.45, 7) is 2.73. The van der Waals surface area contributed by atoms with Gasteiger partial charge in [0.15, 0.2) is 0 Å². The molecule has 0 spiro atoms. The molecule has 4 heteroatoms. The van der Waals surface area contributed by atoms with Crippen LogP contribution in [0.15, 0.2) is 18.2 Å². The molecule has 1 saturated carbocycles. The summed E-state index contributed by atoms with van der Waals surface area (Å²) in [6.07, 6.45) is 2.22. The smallest absolute Gasteiger partial charge is 0.148 e. The van der Waals surface area contributed by atoms with Crippen LogP contribution in [-0.2, 0) is 4.74 Å². The molecule has 0 saturated heterocycles. The maximum atomic E-state index is 13.4. The van der Waals surface area contributed by atoms with E-state index < -0.39 is 0 Å². The molecule has 0 heterocycles. The minimum Gasteiger partial charge on any atom is -0.399 e. The van der Waals surface area contributed by atoms with Gasteiger partial charge in [-0.3, -0.25) is 0 Å². The molecule has 88 valence electrons. The van der Waals surface area contributed by atoms with E-state index in [4.69, 9.17) is 10.5 Å². The predicted octanol–water partition coefficient (Wildman–Crippen LogP) is 2.39. The van der Waals surface area contributed by atoms with E-state index in [0.29, 0.717) is 23.5 Å². The average Bonchev–Trinajstić information content (AvgIpc) is 2.18. The lowest BCUT2D eigenvalue weighted by molar-refractivity contribution is 0.00293. The molecule has 1 aromatic carbocycles. The third kappa shape index (κ3) is 2.44. The zero-order valence-corrected chi connectivity index (χ0v) is 9.37. The summed E-state index contributed by atoms with van der Waals surface area (Å²) in [7, 11) is 0. The summed E-state index contributed by atoms with van der Waals surface area (Å²) in [5, 5.41) is 3.15. The lowest BCUT2D eigenvalue weighted by atomic mass is 9.89. The maximum absolute atomic E-state index is 13.4. The molecule has 0 amide bonds. The second-order valence-corrected chi connectivity index (χ2v) is 4.13. The SMILES string of the molecule is CCOC1CC(Nc2ccc(N)cc2F)C1. The number of nitrogens with one attached hydrogen (secondary N) is 1. The molecule has 16 heavy (non-hydrogen) atoms. The Balaban J connectivity index is 1.87. The molecule has 1 aliphatic carbocycles. The minimum absolute atomic E-state index is 0.292. The van der Waals surface area contributed by atoms with Crippen molar-refractivity contribution in [3.8, 4) is 0 Å². The standard InChI is InChI=1S/C12H17FN2O/c1-2-16-10-6-9(7-10)15-12-4-3-8(14)5-11(12)13/h3-5,9-10,15H,2,6-7,14H2,1H3. The number of halogens is 1. The van der Waals surface area contributed by atoms with Crippen LogP contribution in [0.5, 0.6) is 0 Å². The fourth-order valence-electron chi connectivity index (χ4n) is 1.92. The predicted molar refractivity (Wildman–Crippen MR) is 62.9 cm³/mol. The number of rotatable bonds is 4. The number of hydrogen-bond donors (Lipinski definition) is 2. The van der Waals surface area contributed by atoms with Gasteiger partial charge in [-0.15, -0.1) is 0 Å². The third-order valence-electron chi connectivity index (χ3n) is 2.85. The maximum Gasteiger partial charge on any atom is 0.148 e. The Morgan fingerprint density at radius 1 is 1.50 bits per heavy atom. The molecule has 0 aromatic heterocycles. The number of benzene rings is 1. The van der Waals surface area contributed by atoms with E-state index in [2.05, 4.69) is 5.32 Å². The first-order chi connectivity index (χ1) is 7.69. The van der Waals surface area contributed by atoms with E-state index in [0.717, 1.165) is 19.4 Å². The third-order valence-corrected chi connectivity index (χ3v) is 2.85. The Kier molecular flexibility index (Phi) is 3.29. The number of nitrogen functional groups attached to an aromatic ring is 1.